The molecule has 1 unspecified atom stereocenters. The van der Waals surface area contributed by atoms with Crippen LogP contribution in [0.25, 0.3) is 0 Å². The number of nitrogens with two attached hydrogens (primary N) is 1. The van der Waals surface area contributed by atoms with E-state index >= 15 is 0 Å². The average Bonchev–Trinajstić information content (AvgIpc) is 2.40. The number of ether oxygens (including phenoxy) is 1. The van der Waals surface area contributed by atoms with E-state index in [9.17, 15) is 14.4 Å². The van der Waals surface area contributed by atoms with Crippen LogP contribution >= 0.6 is 0 Å². The van der Waals surface area contributed by atoms with Crippen molar-refractivity contribution in [3.05, 3.63) is 0 Å². The second-order valence-electron chi connectivity index (χ2n) is 6.76. The average molecular weight is 329 g/mol. The Labute approximate surface area is 138 Å². The minimum Gasteiger partial charge on any atom is -0.444 e. The minimum atomic E-state index is -0.763. The Morgan fingerprint density at radius 3 is 2.09 bits per heavy atom. The molecule has 0 rings (SSSR count). The highest BCUT2D eigenvalue weighted by molar-refractivity contribution is 5.90. The lowest BCUT2D eigenvalue weighted by molar-refractivity contribution is -0.129. The van der Waals surface area contributed by atoms with E-state index in [1.54, 1.807) is 20.8 Å². The summed E-state index contributed by atoms with van der Waals surface area (Å²) in [6, 6.07) is -1.52. The summed E-state index contributed by atoms with van der Waals surface area (Å²) in [7, 11) is 0. The lowest BCUT2D eigenvalue weighted by atomic mass is 9.98. The van der Waals surface area contributed by atoms with E-state index in [1.807, 2.05) is 20.8 Å². The highest BCUT2D eigenvalue weighted by Gasteiger charge is 2.29. The molecule has 0 bridgehead atoms. The maximum atomic E-state index is 12.4. The first kappa shape index (κ1) is 21.2. The number of carbonyl (C=O) groups excluding carboxylic acids is 3. The number of alkyl carbamates (subject to hydrolysis) is 1. The van der Waals surface area contributed by atoms with Crippen LogP contribution in [0.2, 0.25) is 0 Å². The molecular weight excluding hydrogens is 298 g/mol. The second-order valence-corrected chi connectivity index (χ2v) is 6.76. The summed E-state index contributed by atoms with van der Waals surface area (Å²) in [5, 5.41) is 5.19. The molecule has 7 nitrogen and oxygen atoms in total. The Hall–Kier alpha value is -1.79. The van der Waals surface area contributed by atoms with E-state index < -0.39 is 35.6 Å². The molecule has 0 heterocycles. The zero-order valence-electron chi connectivity index (χ0n) is 15.1. The van der Waals surface area contributed by atoms with Gasteiger partial charge >= 0.3 is 6.09 Å². The number of hydrogen-bond donors (Lipinski definition) is 3. The van der Waals surface area contributed by atoms with E-state index in [4.69, 9.17) is 10.5 Å². The fourth-order valence-corrected chi connectivity index (χ4v) is 1.99. The molecule has 0 aliphatic heterocycles. The van der Waals surface area contributed by atoms with Crippen molar-refractivity contribution in [2.24, 2.45) is 11.7 Å². The Morgan fingerprint density at radius 2 is 1.70 bits per heavy atom. The first-order valence-electron chi connectivity index (χ1n) is 8.11. The minimum absolute atomic E-state index is 0.0831. The predicted octanol–water partition coefficient (Wildman–Crippen LogP) is 1.70. The van der Waals surface area contributed by atoms with Crippen molar-refractivity contribution in [3.63, 3.8) is 0 Å². The first-order valence-corrected chi connectivity index (χ1v) is 8.11. The quantitative estimate of drug-likeness (QED) is 0.629. The lowest BCUT2D eigenvalue weighted by Gasteiger charge is -2.26. The van der Waals surface area contributed by atoms with E-state index in [-0.39, 0.29) is 5.92 Å². The largest absolute Gasteiger partial charge is 0.444 e. The van der Waals surface area contributed by atoms with Gasteiger partial charge in [-0.15, -0.1) is 0 Å². The van der Waals surface area contributed by atoms with Crippen LogP contribution in [0.4, 0.5) is 4.79 Å². The summed E-state index contributed by atoms with van der Waals surface area (Å²) in [5.41, 5.74) is 4.71. The molecule has 0 aliphatic carbocycles. The molecule has 0 saturated heterocycles. The van der Waals surface area contributed by atoms with Crippen LogP contribution in [0.5, 0.6) is 0 Å². The summed E-state index contributed by atoms with van der Waals surface area (Å²) < 4.78 is 5.16. The molecule has 0 spiro atoms. The maximum Gasteiger partial charge on any atom is 0.408 e. The molecule has 0 radical (unpaired) electrons. The van der Waals surface area contributed by atoms with Crippen molar-refractivity contribution in [1.29, 1.82) is 0 Å². The van der Waals surface area contributed by atoms with Gasteiger partial charge in [0.25, 0.3) is 0 Å². The number of nitrogens with one attached hydrogen (secondary N) is 2. The lowest BCUT2D eigenvalue weighted by Crippen LogP contribution is -2.55. The Balaban J connectivity index is 4.90. The standard InChI is InChI=1S/C16H31N3O4/c1-7-9-11(18-15(22)23-16(4,5)6)14(21)19-12(13(17)20)10(3)8-2/h10-12H,7-9H2,1-6H3,(H2,17,20)(H,18,22)(H,19,21)/t10?,11-,12-/m0/s1. The zero-order chi connectivity index (χ0) is 18.2. The number of carbonyl (C=O) groups is 3. The SMILES string of the molecule is CCC[C@H](NC(=O)OC(C)(C)C)C(=O)N[C@H](C(N)=O)C(C)CC. The maximum absolute atomic E-state index is 12.4. The van der Waals surface area contributed by atoms with Crippen LogP contribution < -0.4 is 16.4 Å². The normalized spacial score (nSPS) is 15.2. The van der Waals surface area contributed by atoms with Crippen molar-refractivity contribution in [3.8, 4) is 0 Å². The summed E-state index contributed by atoms with van der Waals surface area (Å²) in [6.45, 7) is 10.9. The second kappa shape index (κ2) is 9.37. The highest BCUT2D eigenvalue weighted by Crippen LogP contribution is 2.10. The summed E-state index contributed by atoms with van der Waals surface area (Å²) in [5.74, 6) is -1.10. The third kappa shape index (κ3) is 8.42. The third-order valence-corrected chi connectivity index (χ3v) is 3.40. The van der Waals surface area contributed by atoms with Gasteiger partial charge in [-0.1, -0.05) is 33.6 Å². The van der Waals surface area contributed by atoms with Gasteiger partial charge in [-0.2, -0.15) is 0 Å². The van der Waals surface area contributed by atoms with Gasteiger partial charge in [-0.05, 0) is 33.1 Å². The molecule has 4 N–H and O–H groups in total. The fourth-order valence-electron chi connectivity index (χ4n) is 1.99. The summed E-state index contributed by atoms with van der Waals surface area (Å²) >= 11 is 0. The molecule has 3 atom stereocenters. The predicted molar refractivity (Wildman–Crippen MR) is 88.6 cm³/mol. The van der Waals surface area contributed by atoms with Gasteiger partial charge in [0.05, 0.1) is 0 Å². The van der Waals surface area contributed by atoms with Crippen LogP contribution in [-0.4, -0.2) is 35.6 Å². The first-order chi connectivity index (χ1) is 10.5. The van der Waals surface area contributed by atoms with Crippen molar-refractivity contribution in [2.75, 3.05) is 0 Å². The van der Waals surface area contributed by atoms with Crippen molar-refractivity contribution >= 4 is 17.9 Å². The number of rotatable bonds is 8. The molecule has 0 aliphatic rings. The zero-order valence-corrected chi connectivity index (χ0v) is 15.1. The third-order valence-electron chi connectivity index (χ3n) is 3.40. The molecule has 3 amide bonds. The Kier molecular flexibility index (Phi) is 8.64. The molecule has 7 heteroatoms. The highest BCUT2D eigenvalue weighted by atomic mass is 16.6. The van der Waals surface area contributed by atoms with Crippen LogP contribution in [0.15, 0.2) is 0 Å². The van der Waals surface area contributed by atoms with Gasteiger partial charge in [0.1, 0.15) is 17.7 Å². The van der Waals surface area contributed by atoms with Gasteiger partial charge in [-0.3, -0.25) is 9.59 Å². The molecule has 0 fully saturated rings. The molecule has 0 saturated carbocycles. The molecular formula is C16H31N3O4. The van der Waals surface area contributed by atoms with Crippen molar-refractivity contribution < 1.29 is 19.1 Å². The van der Waals surface area contributed by atoms with E-state index in [2.05, 4.69) is 10.6 Å². The fraction of sp³-hybridized carbons (Fsp3) is 0.812. The Bertz CT molecular complexity index is 418. The van der Waals surface area contributed by atoms with Gasteiger partial charge in [-0.25, -0.2) is 4.79 Å². The van der Waals surface area contributed by atoms with E-state index in [0.29, 0.717) is 19.3 Å². The monoisotopic (exact) mass is 329 g/mol. The molecule has 0 aromatic heterocycles. The number of primary amides is 1. The van der Waals surface area contributed by atoms with Crippen LogP contribution in [0.1, 0.15) is 60.8 Å². The van der Waals surface area contributed by atoms with Crippen molar-refractivity contribution in [1.82, 2.24) is 10.6 Å². The smallest absolute Gasteiger partial charge is 0.408 e. The Morgan fingerprint density at radius 1 is 1.13 bits per heavy atom. The van der Waals surface area contributed by atoms with Gasteiger partial charge in [0.15, 0.2) is 0 Å². The summed E-state index contributed by atoms with van der Waals surface area (Å²) in [4.78, 5) is 35.8. The number of hydrogen-bond acceptors (Lipinski definition) is 4. The van der Waals surface area contributed by atoms with Crippen LogP contribution in [0.3, 0.4) is 0 Å². The number of amides is 3. The topological polar surface area (TPSA) is 111 Å². The molecule has 134 valence electrons. The van der Waals surface area contributed by atoms with E-state index in [1.165, 1.54) is 0 Å². The van der Waals surface area contributed by atoms with Crippen LogP contribution in [-0.2, 0) is 14.3 Å². The van der Waals surface area contributed by atoms with E-state index in [0.717, 1.165) is 0 Å². The van der Waals surface area contributed by atoms with Gasteiger partial charge < -0.3 is 21.1 Å². The van der Waals surface area contributed by atoms with Gasteiger partial charge in [0, 0.05) is 0 Å². The molecule has 23 heavy (non-hydrogen) atoms. The summed E-state index contributed by atoms with van der Waals surface area (Å²) in [6.07, 6.45) is 1.17. The molecule has 0 aromatic carbocycles. The molecule has 0 aromatic rings. The van der Waals surface area contributed by atoms with Gasteiger partial charge in [0.2, 0.25) is 11.8 Å². The van der Waals surface area contributed by atoms with Crippen LogP contribution in [0, 0.1) is 5.92 Å². The van der Waals surface area contributed by atoms with Crippen molar-refractivity contribution in [2.45, 2.75) is 78.5 Å².